The molecule has 0 radical (unpaired) electrons. The fourth-order valence-electron chi connectivity index (χ4n) is 1.05. The van der Waals surface area contributed by atoms with Crippen LogP contribution in [0.25, 0.3) is 0 Å². The molecule has 2 nitrogen and oxygen atoms in total. The fraction of sp³-hybridized carbons (Fsp3) is 0.333. The van der Waals surface area contributed by atoms with Crippen molar-refractivity contribution in [3.63, 3.8) is 0 Å². The van der Waals surface area contributed by atoms with Crippen LogP contribution in [0.2, 0.25) is 5.02 Å². The molecule has 0 heterocycles. The lowest BCUT2D eigenvalue weighted by Crippen LogP contribution is -2.01. The summed E-state index contributed by atoms with van der Waals surface area (Å²) in [5, 5.41) is 18.2. The van der Waals surface area contributed by atoms with Crippen molar-refractivity contribution in [2.24, 2.45) is 0 Å². The van der Waals surface area contributed by atoms with Gasteiger partial charge in [0.1, 0.15) is 5.82 Å². The molecule has 4 heteroatoms. The summed E-state index contributed by atoms with van der Waals surface area (Å²) in [6.07, 6.45) is -0.635. The van der Waals surface area contributed by atoms with E-state index >= 15 is 0 Å². The molecule has 0 fully saturated rings. The van der Waals surface area contributed by atoms with Crippen LogP contribution in [-0.4, -0.2) is 16.8 Å². The van der Waals surface area contributed by atoms with Crippen LogP contribution in [0.15, 0.2) is 18.2 Å². The number of aliphatic hydroxyl groups is 2. The summed E-state index contributed by atoms with van der Waals surface area (Å²) in [6.45, 7) is -0.130. The van der Waals surface area contributed by atoms with Crippen molar-refractivity contribution >= 4 is 11.6 Å². The van der Waals surface area contributed by atoms with Gasteiger partial charge in [0.2, 0.25) is 0 Å². The Labute approximate surface area is 80.6 Å². The largest absolute Gasteiger partial charge is 0.396 e. The smallest absolute Gasteiger partial charge is 0.124 e. The second-order valence-corrected chi connectivity index (χ2v) is 3.10. The number of hydrogen-bond donors (Lipinski definition) is 2. The highest BCUT2D eigenvalue weighted by atomic mass is 35.5. The lowest BCUT2D eigenvalue weighted by molar-refractivity contribution is 0.134. The van der Waals surface area contributed by atoms with Gasteiger partial charge in [0.15, 0.2) is 0 Å². The highest BCUT2D eigenvalue weighted by Crippen LogP contribution is 2.25. The number of halogens is 2. The van der Waals surface area contributed by atoms with Gasteiger partial charge < -0.3 is 10.2 Å². The molecule has 1 aromatic rings. The lowest BCUT2D eigenvalue weighted by Gasteiger charge is -2.10. The Balaban J connectivity index is 2.88. The predicted octanol–water partition coefficient (Wildman–Crippen LogP) is 1.89. The maximum atomic E-state index is 12.6. The first-order chi connectivity index (χ1) is 6.15. The van der Waals surface area contributed by atoms with Gasteiger partial charge >= 0.3 is 0 Å². The number of rotatable bonds is 3. The van der Waals surface area contributed by atoms with Crippen LogP contribution in [-0.2, 0) is 0 Å². The summed E-state index contributed by atoms with van der Waals surface area (Å²) < 4.78 is 12.6. The summed E-state index contributed by atoms with van der Waals surface area (Å²) in [5.41, 5.74) is 0.442. The van der Waals surface area contributed by atoms with Crippen LogP contribution < -0.4 is 0 Å². The van der Waals surface area contributed by atoms with Gasteiger partial charge in [0.05, 0.1) is 6.10 Å². The first kappa shape index (κ1) is 10.4. The van der Waals surface area contributed by atoms with Crippen LogP contribution >= 0.6 is 11.6 Å². The van der Waals surface area contributed by atoms with Gasteiger partial charge in [0, 0.05) is 18.1 Å². The van der Waals surface area contributed by atoms with Gasteiger partial charge in [-0.05, 0) is 17.7 Å². The van der Waals surface area contributed by atoms with E-state index in [4.69, 9.17) is 16.7 Å². The van der Waals surface area contributed by atoms with Crippen molar-refractivity contribution in [2.75, 3.05) is 6.61 Å². The van der Waals surface area contributed by atoms with Gasteiger partial charge in [0.25, 0.3) is 0 Å². The minimum absolute atomic E-state index is 0.130. The second kappa shape index (κ2) is 4.56. The highest BCUT2D eigenvalue weighted by Gasteiger charge is 2.11. The Kier molecular flexibility index (Phi) is 3.66. The van der Waals surface area contributed by atoms with E-state index in [1.807, 2.05) is 0 Å². The summed E-state index contributed by atoms with van der Waals surface area (Å²) in [6, 6.07) is 3.78. The zero-order chi connectivity index (χ0) is 9.84. The fourth-order valence-corrected chi connectivity index (χ4v) is 1.34. The molecule has 13 heavy (non-hydrogen) atoms. The summed E-state index contributed by atoms with van der Waals surface area (Å²) in [4.78, 5) is 0. The van der Waals surface area contributed by atoms with Crippen molar-refractivity contribution in [2.45, 2.75) is 12.5 Å². The monoisotopic (exact) mass is 204 g/mol. The third kappa shape index (κ3) is 2.66. The first-order valence-corrected chi connectivity index (χ1v) is 4.27. The molecule has 0 aromatic heterocycles. The van der Waals surface area contributed by atoms with Gasteiger partial charge in [-0.3, -0.25) is 0 Å². The summed E-state index contributed by atoms with van der Waals surface area (Å²) >= 11 is 5.68. The quantitative estimate of drug-likeness (QED) is 0.790. The van der Waals surface area contributed by atoms with Crippen LogP contribution in [0, 0.1) is 5.82 Å². The molecule has 1 rings (SSSR count). The molecular formula is C9H10ClFO2. The standard InChI is InChI=1S/C9H10ClFO2/c10-8-5-6(11)1-2-7(8)9(13)3-4-12/h1-2,5,9,12-13H,3-4H2. The van der Waals surface area contributed by atoms with Crippen molar-refractivity contribution in [3.8, 4) is 0 Å². The molecule has 0 aliphatic rings. The van der Waals surface area contributed by atoms with Crippen molar-refractivity contribution in [3.05, 3.63) is 34.6 Å². The maximum absolute atomic E-state index is 12.6. The van der Waals surface area contributed by atoms with Crippen LogP contribution in [0.3, 0.4) is 0 Å². The first-order valence-electron chi connectivity index (χ1n) is 3.89. The SMILES string of the molecule is OCCC(O)c1ccc(F)cc1Cl. The van der Waals surface area contributed by atoms with E-state index in [0.29, 0.717) is 5.56 Å². The highest BCUT2D eigenvalue weighted by molar-refractivity contribution is 6.31. The lowest BCUT2D eigenvalue weighted by atomic mass is 10.1. The molecule has 1 unspecified atom stereocenters. The molecule has 0 amide bonds. The van der Waals surface area contributed by atoms with Gasteiger partial charge in [-0.25, -0.2) is 4.39 Å². The molecule has 0 saturated carbocycles. The average Bonchev–Trinajstić information content (AvgIpc) is 2.04. The average molecular weight is 205 g/mol. The molecule has 0 aliphatic carbocycles. The van der Waals surface area contributed by atoms with E-state index in [2.05, 4.69) is 0 Å². The maximum Gasteiger partial charge on any atom is 0.124 e. The number of benzene rings is 1. The van der Waals surface area contributed by atoms with Gasteiger partial charge in [-0.2, -0.15) is 0 Å². The Morgan fingerprint density at radius 1 is 1.46 bits per heavy atom. The summed E-state index contributed by atoms with van der Waals surface area (Å²) in [5.74, 6) is -0.440. The van der Waals surface area contributed by atoms with E-state index in [1.165, 1.54) is 12.1 Å². The van der Waals surface area contributed by atoms with E-state index in [9.17, 15) is 9.50 Å². The number of aliphatic hydroxyl groups excluding tert-OH is 2. The summed E-state index contributed by atoms with van der Waals surface area (Å²) in [7, 11) is 0. The molecule has 0 spiro atoms. The molecule has 2 N–H and O–H groups in total. The van der Waals surface area contributed by atoms with Gasteiger partial charge in [-0.15, -0.1) is 0 Å². The predicted molar refractivity (Wildman–Crippen MR) is 48.1 cm³/mol. The van der Waals surface area contributed by atoms with Crippen molar-refractivity contribution in [1.82, 2.24) is 0 Å². The van der Waals surface area contributed by atoms with Crippen LogP contribution in [0.1, 0.15) is 18.1 Å². The topological polar surface area (TPSA) is 40.5 Å². The van der Waals surface area contributed by atoms with E-state index in [0.717, 1.165) is 6.07 Å². The zero-order valence-electron chi connectivity index (χ0n) is 6.87. The molecule has 0 saturated heterocycles. The van der Waals surface area contributed by atoms with Gasteiger partial charge in [-0.1, -0.05) is 17.7 Å². The zero-order valence-corrected chi connectivity index (χ0v) is 7.63. The molecule has 72 valence electrons. The normalized spacial score (nSPS) is 12.9. The molecular weight excluding hydrogens is 195 g/mol. The number of hydrogen-bond acceptors (Lipinski definition) is 2. The third-order valence-corrected chi connectivity index (χ3v) is 2.05. The molecule has 1 atom stereocenters. The molecule has 1 aromatic carbocycles. The van der Waals surface area contributed by atoms with E-state index in [1.54, 1.807) is 0 Å². The second-order valence-electron chi connectivity index (χ2n) is 2.69. The minimum atomic E-state index is -0.835. The molecule has 0 aliphatic heterocycles. The van der Waals surface area contributed by atoms with Crippen molar-refractivity contribution < 1.29 is 14.6 Å². The minimum Gasteiger partial charge on any atom is -0.396 e. The van der Waals surface area contributed by atoms with Crippen molar-refractivity contribution in [1.29, 1.82) is 0 Å². The Bertz CT molecular complexity index is 291. The van der Waals surface area contributed by atoms with E-state index < -0.39 is 11.9 Å². The molecule has 0 bridgehead atoms. The van der Waals surface area contributed by atoms with Crippen LogP contribution in [0.4, 0.5) is 4.39 Å². The third-order valence-electron chi connectivity index (χ3n) is 1.72. The Morgan fingerprint density at radius 2 is 2.15 bits per heavy atom. The Hall–Kier alpha value is -0.640. The van der Waals surface area contributed by atoms with E-state index in [-0.39, 0.29) is 18.1 Å². The van der Waals surface area contributed by atoms with Crippen LogP contribution in [0.5, 0.6) is 0 Å². The Morgan fingerprint density at radius 3 is 2.69 bits per heavy atom.